The Kier molecular flexibility index (Phi) is 3.17. The van der Waals surface area contributed by atoms with E-state index in [-0.39, 0.29) is 5.91 Å². The van der Waals surface area contributed by atoms with Gasteiger partial charge in [0, 0.05) is 14.1 Å². The molecular weight excluding hydrogens is 236 g/mol. The van der Waals surface area contributed by atoms with Crippen molar-refractivity contribution in [1.82, 2.24) is 15.4 Å². The number of hydrogen-bond acceptors (Lipinski definition) is 5. The number of benzene rings is 1. The van der Waals surface area contributed by atoms with Gasteiger partial charge in [0.05, 0.1) is 5.52 Å². The molecular formula is C11H14N4O3. The van der Waals surface area contributed by atoms with Gasteiger partial charge in [0.2, 0.25) is 0 Å². The van der Waals surface area contributed by atoms with E-state index >= 15 is 0 Å². The van der Waals surface area contributed by atoms with Crippen molar-refractivity contribution in [3.8, 4) is 0 Å². The number of fused-ring (bicyclic) bond motifs is 1. The zero-order valence-electron chi connectivity index (χ0n) is 10.1. The Hall–Kier alpha value is -2.12. The van der Waals surface area contributed by atoms with Gasteiger partial charge in [-0.1, -0.05) is 6.07 Å². The van der Waals surface area contributed by atoms with Crippen LogP contribution in [-0.4, -0.2) is 30.0 Å². The fourth-order valence-corrected chi connectivity index (χ4v) is 1.60. The molecule has 1 amide bonds. The van der Waals surface area contributed by atoms with E-state index in [4.69, 9.17) is 10.2 Å². The lowest BCUT2D eigenvalue weighted by molar-refractivity contribution is -0.126. The van der Waals surface area contributed by atoms with Crippen LogP contribution in [0, 0.1) is 0 Å². The Bertz CT molecular complexity index is 628. The second kappa shape index (κ2) is 4.63. The van der Waals surface area contributed by atoms with E-state index in [1.807, 2.05) is 0 Å². The number of nitrogens with two attached hydrogens (primary N) is 1. The van der Waals surface area contributed by atoms with Crippen LogP contribution < -0.4 is 16.9 Å². The number of oxazole rings is 1. The second-order valence-electron chi connectivity index (χ2n) is 4.12. The van der Waals surface area contributed by atoms with Gasteiger partial charge < -0.3 is 10.2 Å². The van der Waals surface area contributed by atoms with Gasteiger partial charge in [0.25, 0.3) is 5.91 Å². The van der Waals surface area contributed by atoms with Crippen molar-refractivity contribution < 1.29 is 9.21 Å². The molecule has 0 spiro atoms. The molecule has 18 heavy (non-hydrogen) atoms. The summed E-state index contributed by atoms with van der Waals surface area (Å²) >= 11 is 0. The molecule has 2 aromatic rings. The number of aromatic nitrogens is 1. The number of nitrogens with one attached hydrogen (secondary N) is 2. The van der Waals surface area contributed by atoms with Gasteiger partial charge in [-0.25, -0.2) is 9.80 Å². The van der Waals surface area contributed by atoms with E-state index in [2.05, 4.69) is 10.4 Å². The van der Waals surface area contributed by atoms with Crippen LogP contribution in [0.15, 0.2) is 27.4 Å². The molecule has 0 saturated carbocycles. The third-order valence-corrected chi connectivity index (χ3v) is 2.42. The highest BCUT2D eigenvalue weighted by molar-refractivity contribution is 5.84. The average Bonchev–Trinajstić information content (AvgIpc) is 2.65. The molecule has 1 aromatic carbocycles. The van der Waals surface area contributed by atoms with Crippen LogP contribution in [0.2, 0.25) is 0 Å². The van der Waals surface area contributed by atoms with E-state index in [0.717, 1.165) is 0 Å². The van der Waals surface area contributed by atoms with Crippen LogP contribution in [-0.2, 0) is 4.79 Å². The molecule has 0 aliphatic carbocycles. The van der Waals surface area contributed by atoms with Crippen LogP contribution in [0.5, 0.6) is 0 Å². The van der Waals surface area contributed by atoms with Crippen molar-refractivity contribution in [3.63, 3.8) is 0 Å². The number of nitrogens with zero attached hydrogens (tertiary/aromatic N) is 1. The van der Waals surface area contributed by atoms with Crippen LogP contribution in [0.1, 0.15) is 11.6 Å². The van der Waals surface area contributed by atoms with E-state index in [1.165, 1.54) is 5.01 Å². The molecule has 0 bridgehead atoms. The summed E-state index contributed by atoms with van der Waals surface area (Å²) in [5.74, 6) is -0.870. The molecule has 0 aliphatic heterocycles. The zero-order valence-corrected chi connectivity index (χ0v) is 10.1. The van der Waals surface area contributed by atoms with Gasteiger partial charge in [-0.3, -0.25) is 15.2 Å². The fourth-order valence-electron chi connectivity index (χ4n) is 1.60. The maximum Gasteiger partial charge on any atom is 0.417 e. The number of hydrazine groups is 1. The summed E-state index contributed by atoms with van der Waals surface area (Å²) in [7, 11) is 3.39. The van der Waals surface area contributed by atoms with Gasteiger partial charge in [0.15, 0.2) is 5.58 Å². The minimum absolute atomic E-state index is 0.336. The van der Waals surface area contributed by atoms with E-state index in [1.54, 1.807) is 32.3 Å². The standard InChI is InChI=1S/C11H14N4O3/c1-15(2)14-10(16)9(12)6-3-4-7-8(5-6)18-11(17)13-7/h3-5,9H,12H2,1-2H3,(H,13,17)(H,14,16). The minimum Gasteiger partial charge on any atom is -0.408 e. The van der Waals surface area contributed by atoms with Crippen molar-refractivity contribution in [3.05, 3.63) is 34.3 Å². The lowest BCUT2D eigenvalue weighted by Crippen LogP contribution is -2.41. The zero-order chi connectivity index (χ0) is 13.3. The van der Waals surface area contributed by atoms with Crippen molar-refractivity contribution in [2.75, 3.05) is 14.1 Å². The Morgan fingerprint density at radius 2 is 2.22 bits per heavy atom. The highest BCUT2D eigenvalue weighted by Crippen LogP contribution is 2.17. The van der Waals surface area contributed by atoms with Crippen LogP contribution >= 0.6 is 0 Å². The maximum absolute atomic E-state index is 11.7. The van der Waals surface area contributed by atoms with Crippen LogP contribution in [0.4, 0.5) is 0 Å². The number of hydrogen-bond donors (Lipinski definition) is 3. The number of carbonyl (C=O) groups excluding carboxylic acids is 1. The van der Waals surface area contributed by atoms with Crippen molar-refractivity contribution in [1.29, 1.82) is 0 Å². The van der Waals surface area contributed by atoms with Gasteiger partial charge in [-0.05, 0) is 17.7 Å². The first-order chi connectivity index (χ1) is 8.47. The Morgan fingerprint density at radius 3 is 2.89 bits per heavy atom. The average molecular weight is 250 g/mol. The molecule has 4 N–H and O–H groups in total. The third-order valence-electron chi connectivity index (χ3n) is 2.42. The topological polar surface area (TPSA) is 104 Å². The Balaban J connectivity index is 2.30. The first-order valence-corrected chi connectivity index (χ1v) is 5.33. The predicted molar refractivity (Wildman–Crippen MR) is 65.6 cm³/mol. The molecule has 7 heteroatoms. The minimum atomic E-state index is -0.822. The first kappa shape index (κ1) is 12.3. The third kappa shape index (κ3) is 2.41. The normalized spacial score (nSPS) is 12.9. The molecule has 0 fully saturated rings. The number of carbonyl (C=O) groups is 1. The number of amides is 1. The molecule has 2 rings (SSSR count). The first-order valence-electron chi connectivity index (χ1n) is 5.33. The van der Waals surface area contributed by atoms with E-state index in [0.29, 0.717) is 16.7 Å². The van der Waals surface area contributed by atoms with Gasteiger partial charge in [0.1, 0.15) is 6.04 Å². The smallest absolute Gasteiger partial charge is 0.408 e. The molecule has 1 unspecified atom stereocenters. The summed E-state index contributed by atoms with van der Waals surface area (Å²) in [6.07, 6.45) is 0. The highest BCUT2D eigenvalue weighted by Gasteiger charge is 2.17. The fraction of sp³-hybridized carbons (Fsp3) is 0.273. The molecule has 96 valence electrons. The molecule has 0 saturated heterocycles. The van der Waals surface area contributed by atoms with E-state index in [9.17, 15) is 9.59 Å². The van der Waals surface area contributed by atoms with Crippen LogP contribution in [0.3, 0.4) is 0 Å². The molecule has 0 aliphatic rings. The van der Waals surface area contributed by atoms with Gasteiger partial charge in [-0.2, -0.15) is 0 Å². The lowest BCUT2D eigenvalue weighted by Gasteiger charge is -2.16. The molecule has 1 atom stereocenters. The molecule has 1 aromatic heterocycles. The SMILES string of the molecule is CN(C)NC(=O)C(N)c1ccc2[nH]c(=O)oc2c1. The summed E-state index contributed by atoms with van der Waals surface area (Å²) < 4.78 is 4.91. The van der Waals surface area contributed by atoms with Crippen molar-refractivity contribution in [2.24, 2.45) is 5.73 Å². The number of rotatable bonds is 3. The highest BCUT2D eigenvalue weighted by atomic mass is 16.4. The second-order valence-corrected chi connectivity index (χ2v) is 4.12. The van der Waals surface area contributed by atoms with Gasteiger partial charge >= 0.3 is 5.76 Å². The summed E-state index contributed by atoms with van der Waals surface area (Å²) in [6.45, 7) is 0. The summed E-state index contributed by atoms with van der Waals surface area (Å²) in [5.41, 5.74) is 9.91. The summed E-state index contributed by atoms with van der Waals surface area (Å²) in [4.78, 5) is 25.2. The van der Waals surface area contributed by atoms with Crippen molar-refractivity contribution in [2.45, 2.75) is 6.04 Å². The quantitative estimate of drug-likeness (QED) is 0.649. The number of aromatic amines is 1. The largest absolute Gasteiger partial charge is 0.417 e. The Morgan fingerprint density at radius 1 is 1.50 bits per heavy atom. The summed E-state index contributed by atoms with van der Waals surface area (Å²) in [5, 5.41) is 1.51. The van der Waals surface area contributed by atoms with Crippen LogP contribution in [0.25, 0.3) is 11.1 Å². The predicted octanol–water partition coefficient (Wildman–Crippen LogP) is -0.286. The lowest BCUT2D eigenvalue weighted by atomic mass is 10.1. The molecule has 1 heterocycles. The van der Waals surface area contributed by atoms with Crippen molar-refractivity contribution >= 4 is 17.0 Å². The van der Waals surface area contributed by atoms with Gasteiger partial charge in [-0.15, -0.1) is 0 Å². The Labute approximate surface area is 103 Å². The monoisotopic (exact) mass is 250 g/mol. The number of H-pyrrole nitrogens is 1. The molecule has 7 nitrogen and oxygen atoms in total. The van der Waals surface area contributed by atoms with E-state index < -0.39 is 11.8 Å². The molecule has 0 radical (unpaired) electrons. The maximum atomic E-state index is 11.7. The summed E-state index contributed by atoms with van der Waals surface area (Å²) in [6, 6.07) is 4.08.